The summed E-state index contributed by atoms with van der Waals surface area (Å²) in [7, 11) is -1.10. The van der Waals surface area contributed by atoms with Crippen molar-refractivity contribution in [3.63, 3.8) is 0 Å². The summed E-state index contributed by atoms with van der Waals surface area (Å²) in [6.45, 7) is 2.97. The topological polar surface area (TPSA) is 169 Å². The maximum Gasteiger partial charge on any atom is 0.451 e. The van der Waals surface area contributed by atoms with Gasteiger partial charge in [0.1, 0.15) is 0 Å². The summed E-state index contributed by atoms with van der Waals surface area (Å²) in [5, 5.41) is 50.1. The van der Waals surface area contributed by atoms with E-state index in [1.165, 1.54) is 7.11 Å². The lowest BCUT2D eigenvalue weighted by Crippen LogP contribution is -2.41. The van der Waals surface area contributed by atoms with Crippen LogP contribution in [0.15, 0.2) is 0 Å². The molecule has 0 saturated carbocycles. The molecule has 2 rings (SSSR count). The fourth-order valence-electron chi connectivity index (χ4n) is 4.36. The van der Waals surface area contributed by atoms with Crippen LogP contribution in [0.25, 0.3) is 0 Å². The number of hydrogen-bond donors (Lipinski definition) is 7. The van der Waals surface area contributed by atoms with Gasteiger partial charge in [-0.05, 0) is 63.2 Å². The molecule has 0 aromatic carbocycles. The summed E-state index contributed by atoms with van der Waals surface area (Å²) in [5.41, 5.74) is 0. The molecule has 10 nitrogen and oxygen atoms in total. The van der Waals surface area contributed by atoms with Gasteiger partial charge >= 0.3 is 26.2 Å². The minimum atomic E-state index is -1.27. The van der Waals surface area contributed by atoms with E-state index in [2.05, 4.69) is 10.6 Å². The largest absolute Gasteiger partial charge is 0.481 e. The van der Waals surface area contributed by atoms with E-state index in [0.717, 1.165) is 45.2 Å². The number of piperidine rings is 2. The number of carbonyl (C=O) groups is 2. The molecule has 2 fully saturated rings. The predicted octanol–water partition coefficient (Wildman–Crippen LogP) is -0.176. The van der Waals surface area contributed by atoms with Crippen molar-refractivity contribution in [1.82, 2.24) is 10.6 Å². The van der Waals surface area contributed by atoms with Gasteiger partial charge in [0.15, 0.2) is 0 Å². The minimum Gasteiger partial charge on any atom is -0.481 e. The van der Waals surface area contributed by atoms with E-state index >= 15 is 0 Å². The number of aliphatic carboxylic acids is 1. The average molecular weight is 460 g/mol. The first kappa shape index (κ1) is 30.8. The molecule has 0 aromatic rings. The van der Waals surface area contributed by atoms with Gasteiger partial charge in [0.25, 0.3) is 0 Å². The van der Waals surface area contributed by atoms with Crippen molar-refractivity contribution in [1.29, 1.82) is 0 Å². The minimum absolute atomic E-state index is 0. The molecule has 0 radical (unpaired) electrons. The van der Waals surface area contributed by atoms with Crippen LogP contribution in [0.1, 0.15) is 46.0 Å². The maximum absolute atomic E-state index is 11.5. The van der Waals surface area contributed by atoms with E-state index in [4.69, 9.17) is 29.9 Å². The Hall–Kier alpha value is -1.17. The Bertz CT molecular complexity index is 528. The molecule has 0 aromatic heterocycles. The number of carbonyl (C=O) groups excluding carboxylic acids is 1. The zero-order valence-corrected chi connectivity index (χ0v) is 18.4. The highest BCUT2D eigenvalue weighted by Crippen LogP contribution is 2.26. The van der Waals surface area contributed by atoms with Crippen LogP contribution in [0.2, 0.25) is 12.6 Å². The Labute approximate surface area is 192 Å². The Balaban J connectivity index is 0.000000584. The Morgan fingerprint density at radius 2 is 1.31 bits per heavy atom. The SMILES string of the molecule is C.COC(=O)C1CNCCC1CCCB(O)O.O=C(O)C1CNCCC1CCCB(O)O. The van der Waals surface area contributed by atoms with Gasteiger partial charge in [0.2, 0.25) is 0 Å². The smallest absolute Gasteiger partial charge is 0.451 e. The van der Waals surface area contributed by atoms with E-state index < -0.39 is 20.2 Å². The van der Waals surface area contributed by atoms with Crippen molar-refractivity contribution in [2.24, 2.45) is 23.7 Å². The highest BCUT2D eigenvalue weighted by Gasteiger charge is 2.31. The van der Waals surface area contributed by atoms with Crippen molar-refractivity contribution >= 4 is 26.2 Å². The summed E-state index contributed by atoms with van der Waals surface area (Å²) in [4.78, 5) is 22.4. The second kappa shape index (κ2) is 17.3. The van der Waals surface area contributed by atoms with Crippen LogP contribution < -0.4 is 10.6 Å². The van der Waals surface area contributed by atoms with Crippen molar-refractivity contribution in [3.05, 3.63) is 0 Å². The van der Waals surface area contributed by atoms with Crippen molar-refractivity contribution in [2.45, 2.75) is 58.6 Å². The zero-order valence-electron chi connectivity index (χ0n) is 18.4. The monoisotopic (exact) mass is 460 g/mol. The molecule has 2 aliphatic heterocycles. The van der Waals surface area contributed by atoms with Gasteiger partial charge in [0.05, 0.1) is 18.9 Å². The van der Waals surface area contributed by atoms with E-state index in [0.29, 0.717) is 38.1 Å². The first-order valence-corrected chi connectivity index (χ1v) is 11.2. The number of methoxy groups -OCH3 is 1. The molecule has 4 unspecified atom stereocenters. The predicted molar refractivity (Wildman–Crippen MR) is 124 cm³/mol. The molecule has 0 amide bonds. The molecule has 0 bridgehead atoms. The van der Waals surface area contributed by atoms with Crippen LogP contribution in [0.5, 0.6) is 0 Å². The molecule has 7 N–H and O–H groups in total. The lowest BCUT2D eigenvalue weighted by molar-refractivity contribution is -0.148. The Morgan fingerprint density at radius 1 is 0.875 bits per heavy atom. The molecule has 4 atom stereocenters. The molecule has 2 aliphatic rings. The number of carboxylic acids is 1. The molecule has 0 spiro atoms. The Kier molecular flexibility index (Phi) is 16.7. The van der Waals surface area contributed by atoms with Crippen LogP contribution >= 0.6 is 0 Å². The molecular formula is C20H42B2N2O8. The number of nitrogens with one attached hydrogen (secondary N) is 2. The highest BCUT2D eigenvalue weighted by atomic mass is 16.5. The van der Waals surface area contributed by atoms with Gasteiger partial charge in [-0.3, -0.25) is 9.59 Å². The third-order valence-electron chi connectivity index (χ3n) is 6.15. The third kappa shape index (κ3) is 12.2. The number of ether oxygens (including phenoxy) is 1. The van der Waals surface area contributed by atoms with Crippen LogP contribution in [-0.2, 0) is 14.3 Å². The van der Waals surface area contributed by atoms with E-state index in [-0.39, 0.29) is 31.1 Å². The number of esters is 1. The number of hydrogen-bond acceptors (Lipinski definition) is 9. The van der Waals surface area contributed by atoms with Crippen molar-refractivity contribution in [3.8, 4) is 0 Å². The first-order valence-electron chi connectivity index (χ1n) is 11.2. The normalized spacial score (nSPS) is 24.9. The van der Waals surface area contributed by atoms with Gasteiger partial charge in [-0.25, -0.2) is 0 Å². The molecule has 186 valence electrons. The van der Waals surface area contributed by atoms with Crippen LogP contribution in [0.3, 0.4) is 0 Å². The fraction of sp³-hybridized carbons (Fsp3) is 0.900. The van der Waals surface area contributed by atoms with E-state index in [1.54, 1.807) is 0 Å². The number of carboxylic acid groups (broad SMARTS) is 1. The molecular weight excluding hydrogens is 418 g/mol. The lowest BCUT2D eigenvalue weighted by atomic mass is 9.78. The van der Waals surface area contributed by atoms with Crippen LogP contribution in [0, 0.1) is 23.7 Å². The van der Waals surface area contributed by atoms with Gasteiger partial charge in [-0.1, -0.05) is 20.3 Å². The van der Waals surface area contributed by atoms with E-state index in [1.807, 2.05) is 0 Å². The first-order chi connectivity index (χ1) is 14.8. The van der Waals surface area contributed by atoms with Crippen LogP contribution in [0.4, 0.5) is 0 Å². The summed E-state index contributed by atoms with van der Waals surface area (Å²) >= 11 is 0. The molecule has 2 saturated heterocycles. The molecule has 2 heterocycles. The van der Waals surface area contributed by atoms with Gasteiger partial charge in [0, 0.05) is 13.1 Å². The second-order valence-corrected chi connectivity index (χ2v) is 8.40. The van der Waals surface area contributed by atoms with Crippen molar-refractivity contribution in [2.75, 3.05) is 33.3 Å². The second-order valence-electron chi connectivity index (χ2n) is 8.40. The van der Waals surface area contributed by atoms with E-state index in [9.17, 15) is 9.59 Å². The maximum atomic E-state index is 11.5. The summed E-state index contributed by atoms with van der Waals surface area (Å²) in [6, 6.07) is 0. The van der Waals surface area contributed by atoms with Gasteiger partial charge < -0.3 is 40.6 Å². The summed E-state index contributed by atoms with van der Waals surface area (Å²) in [6.07, 6.45) is 5.52. The molecule has 12 heteroatoms. The van der Waals surface area contributed by atoms with Gasteiger partial charge in [-0.15, -0.1) is 0 Å². The highest BCUT2D eigenvalue weighted by molar-refractivity contribution is 6.41. The zero-order chi connectivity index (χ0) is 23.2. The molecule has 0 aliphatic carbocycles. The quantitative estimate of drug-likeness (QED) is 0.172. The van der Waals surface area contributed by atoms with Crippen molar-refractivity contribution < 1.29 is 39.5 Å². The molecule has 32 heavy (non-hydrogen) atoms. The fourth-order valence-corrected chi connectivity index (χ4v) is 4.36. The number of rotatable bonds is 10. The van der Waals surface area contributed by atoms with Gasteiger partial charge in [-0.2, -0.15) is 0 Å². The Morgan fingerprint density at radius 3 is 1.72 bits per heavy atom. The summed E-state index contributed by atoms with van der Waals surface area (Å²) in [5.74, 6) is -0.863. The third-order valence-corrected chi connectivity index (χ3v) is 6.15. The standard InChI is InChI=1S/C10H20BNO4.C9H18BNO4.CH4/c1-16-10(13)9-7-12-6-4-8(9)3-2-5-11(14)15;12-9(13)8-6-11-5-3-7(8)2-1-4-10(14)15;/h8-9,12,14-15H,2-7H2,1H3;7-8,11,14-15H,1-6H2,(H,12,13);1H4. The lowest BCUT2D eigenvalue weighted by Gasteiger charge is -2.30. The average Bonchev–Trinajstić information content (AvgIpc) is 2.74. The van der Waals surface area contributed by atoms with Crippen LogP contribution in [-0.4, -0.2) is 84.7 Å². The summed E-state index contributed by atoms with van der Waals surface area (Å²) < 4.78 is 4.77.